The van der Waals surface area contributed by atoms with E-state index in [2.05, 4.69) is 9.47 Å². The SMILES string of the molecule is CCOC(=O)c1ccc(OC(F)(F)F)c(CO)c1C#N. The normalized spacial score (nSPS) is 10.8. The van der Waals surface area contributed by atoms with Crippen LogP contribution in [0.2, 0.25) is 0 Å². The van der Waals surface area contributed by atoms with E-state index in [1.807, 2.05) is 0 Å². The van der Waals surface area contributed by atoms with Crippen molar-refractivity contribution in [2.24, 2.45) is 0 Å². The van der Waals surface area contributed by atoms with Gasteiger partial charge in [0.25, 0.3) is 0 Å². The topological polar surface area (TPSA) is 79.6 Å². The zero-order valence-corrected chi connectivity index (χ0v) is 10.3. The van der Waals surface area contributed by atoms with Gasteiger partial charge in [-0.2, -0.15) is 5.26 Å². The lowest BCUT2D eigenvalue weighted by molar-refractivity contribution is -0.275. The van der Waals surface area contributed by atoms with Crippen LogP contribution in [0.25, 0.3) is 0 Å². The maximum Gasteiger partial charge on any atom is 0.573 e. The monoisotopic (exact) mass is 289 g/mol. The second-order valence-electron chi connectivity index (χ2n) is 3.50. The maximum absolute atomic E-state index is 12.2. The van der Waals surface area contributed by atoms with E-state index >= 15 is 0 Å². The third-order valence-electron chi connectivity index (χ3n) is 2.26. The number of aliphatic hydroxyl groups excluding tert-OH is 1. The molecule has 1 aromatic rings. The Morgan fingerprint density at radius 3 is 2.55 bits per heavy atom. The van der Waals surface area contributed by atoms with E-state index in [1.165, 1.54) is 6.92 Å². The first kappa shape index (κ1) is 15.8. The number of alkyl halides is 3. The molecule has 0 atom stereocenters. The minimum atomic E-state index is -4.97. The summed E-state index contributed by atoms with van der Waals surface area (Å²) in [6.07, 6.45) is -4.97. The fourth-order valence-electron chi connectivity index (χ4n) is 1.51. The standard InChI is InChI=1S/C12H10F3NO4/c1-2-19-11(18)7-3-4-10(20-12(13,14)15)9(6-17)8(7)5-16/h3-4,17H,2,6H2,1H3. The van der Waals surface area contributed by atoms with Crippen LogP contribution in [0.5, 0.6) is 5.75 Å². The number of benzene rings is 1. The number of rotatable bonds is 4. The van der Waals surface area contributed by atoms with Crippen molar-refractivity contribution in [2.45, 2.75) is 19.9 Å². The number of aliphatic hydroxyl groups is 1. The van der Waals surface area contributed by atoms with Crippen LogP contribution < -0.4 is 4.74 Å². The van der Waals surface area contributed by atoms with Crippen LogP contribution in [0.4, 0.5) is 13.2 Å². The van der Waals surface area contributed by atoms with Gasteiger partial charge < -0.3 is 14.6 Å². The van der Waals surface area contributed by atoms with E-state index in [-0.39, 0.29) is 12.2 Å². The van der Waals surface area contributed by atoms with E-state index in [0.29, 0.717) is 0 Å². The van der Waals surface area contributed by atoms with Crippen LogP contribution in [-0.4, -0.2) is 24.0 Å². The molecule has 0 amide bonds. The third kappa shape index (κ3) is 3.61. The van der Waals surface area contributed by atoms with Crippen molar-refractivity contribution in [3.8, 4) is 11.8 Å². The molecule has 0 bridgehead atoms. The largest absolute Gasteiger partial charge is 0.573 e. The van der Waals surface area contributed by atoms with Crippen molar-refractivity contribution in [3.05, 3.63) is 28.8 Å². The zero-order chi connectivity index (χ0) is 15.3. The number of esters is 1. The Bertz CT molecular complexity index is 549. The highest BCUT2D eigenvalue weighted by molar-refractivity contribution is 5.93. The first-order valence-electron chi connectivity index (χ1n) is 5.43. The van der Waals surface area contributed by atoms with Gasteiger partial charge in [0.05, 0.1) is 24.3 Å². The molecule has 0 heterocycles. The molecule has 1 aromatic carbocycles. The maximum atomic E-state index is 12.2. The van der Waals surface area contributed by atoms with Gasteiger partial charge in [0.1, 0.15) is 11.8 Å². The smallest absolute Gasteiger partial charge is 0.462 e. The molecular formula is C12H10F3NO4. The highest BCUT2D eigenvalue weighted by Gasteiger charge is 2.33. The lowest BCUT2D eigenvalue weighted by Gasteiger charge is -2.14. The van der Waals surface area contributed by atoms with Crippen LogP contribution in [0, 0.1) is 11.3 Å². The van der Waals surface area contributed by atoms with Gasteiger partial charge in [-0.15, -0.1) is 13.2 Å². The summed E-state index contributed by atoms with van der Waals surface area (Å²) in [5.74, 6) is -1.60. The van der Waals surface area contributed by atoms with E-state index in [1.54, 1.807) is 6.07 Å². The summed E-state index contributed by atoms with van der Waals surface area (Å²) in [6, 6.07) is 3.41. The van der Waals surface area contributed by atoms with Crippen LogP contribution in [0.15, 0.2) is 12.1 Å². The average molecular weight is 289 g/mol. The van der Waals surface area contributed by atoms with Gasteiger partial charge in [-0.3, -0.25) is 0 Å². The molecule has 0 aliphatic rings. The zero-order valence-electron chi connectivity index (χ0n) is 10.3. The summed E-state index contributed by atoms with van der Waals surface area (Å²) in [6.45, 7) is 0.693. The molecule has 108 valence electrons. The van der Waals surface area contributed by atoms with Crippen molar-refractivity contribution in [2.75, 3.05) is 6.61 Å². The van der Waals surface area contributed by atoms with Gasteiger partial charge in [-0.05, 0) is 19.1 Å². The molecule has 0 fully saturated rings. The molecule has 0 unspecified atom stereocenters. The quantitative estimate of drug-likeness (QED) is 0.859. The van der Waals surface area contributed by atoms with Gasteiger partial charge in [0.2, 0.25) is 0 Å². The highest BCUT2D eigenvalue weighted by atomic mass is 19.4. The Hall–Kier alpha value is -2.27. The number of hydrogen-bond donors (Lipinski definition) is 1. The molecule has 1 N–H and O–H groups in total. The third-order valence-corrected chi connectivity index (χ3v) is 2.26. The Labute approximate surface area is 112 Å². The van der Waals surface area contributed by atoms with Crippen molar-refractivity contribution >= 4 is 5.97 Å². The minimum Gasteiger partial charge on any atom is -0.462 e. The van der Waals surface area contributed by atoms with Gasteiger partial charge >= 0.3 is 12.3 Å². The van der Waals surface area contributed by atoms with Gasteiger partial charge in [-0.25, -0.2) is 4.79 Å². The molecule has 1 rings (SSSR count). The summed E-state index contributed by atoms with van der Waals surface area (Å²) in [7, 11) is 0. The fourth-order valence-corrected chi connectivity index (χ4v) is 1.51. The Kier molecular flexibility index (Phi) is 4.94. The summed E-state index contributed by atoms with van der Waals surface area (Å²) in [5, 5.41) is 18.1. The van der Waals surface area contributed by atoms with Gasteiger partial charge in [-0.1, -0.05) is 0 Å². The van der Waals surface area contributed by atoms with Crippen molar-refractivity contribution < 1.29 is 32.5 Å². The number of halogens is 3. The second kappa shape index (κ2) is 6.25. The van der Waals surface area contributed by atoms with E-state index in [0.717, 1.165) is 12.1 Å². The van der Waals surface area contributed by atoms with Crippen molar-refractivity contribution in [1.29, 1.82) is 5.26 Å². The molecule has 5 nitrogen and oxygen atoms in total. The van der Waals surface area contributed by atoms with Crippen LogP contribution in [0.1, 0.15) is 28.4 Å². The number of carbonyl (C=O) groups is 1. The van der Waals surface area contributed by atoms with Crippen molar-refractivity contribution in [3.63, 3.8) is 0 Å². The fraction of sp³-hybridized carbons (Fsp3) is 0.333. The van der Waals surface area contributed by atoms with Gasteiger partial charge in [0.15, 0.2) is 0 Å². The number of nitriles is 1. The summed E-state index contributed by atoms with van der Waals surface area (Å²) >= 11 is 0. The molecule has 0 spiro atoms. The predicted octanol–water partition coefficient (Wildman–Crippen LogP) is 2.13. The Balaban J connectivity index is 3.34. The molecule has 0 saturated carbocycles. The predicted molar refractivity (Wildman–Crippen MR) is 59.7 cm³/mol. The molecule has 0 aliphatic carbocycles. The lowest BCUT2D eigenvalue weighted by atomic mass is 10.0. The summed E-state index contributed by atoms with van der Waals surface area (Å²) < 4.78 is 45.0. The number of hydrogen-bond acceptors (Lipinski definition) is 5. The molecule has 0 aliphatic heterocycles. The van der Waals surface area contributed by atoms with Crippen molar-refractivity contribution in [1.82, 2.24) is 0 Å². The average Bonchev–Trinajstić information content (AvgIpc) is 2.36. The molecule has 20 heavy (non-hydrogen) atoms. The van der Waals surface area contributed by atoms with Gasteiger partial charge in [0, 0.05) is 5.56 Å². The molecule has 0 radical (unpaired) electrons. The van der Waals surface area contributed by atoms with E-state index in [9.17, 15) is 18.0 Å². The highest BCUT2D eigenvalue weighted by Crippen LogP contribution is 2.30. The second-order valence-corrected chi connectivity index (χ2v) is 3.50. The van der Waals surface area contributed by atoms with Crippen LogP contribution in [-0.2, 0) is 11.3 Å². The molecular weight excluding hydrogens is 279 g/mol. The number of carbonyl (C=O) groups excluding carboxylic acids is 1. The van der Waals surface area contributed by atoms with Crippen LogP contribution >= 0.6 is 0 Å². The Morgan fingerprint density at radius 2 is 2.10 bits per heavy atom. The Morgan fingerprint density at radius 1 is 1.45 bits per heavy atom. The summed E-state index contributed by atoms with van der Waals surface area (Å²) in [5.41, 5.74) is -1.06. The molecule has 0 saturated heterocycles. The first-order chi connectivity index (χ1) is 9.34. The summed E-state index contributed by atoms with van der Waals surface area (Å²) in [4.78, 5) is 11.6. The lowest BCUT2D eigenvalue weighted by Crippen LogP contribution is -2.19. The van der Waals surface area contributed by atoms with E-state index < -0.39 is 35.8 Å². The molecule has 0 aromatic heterocycles. The molecule has 8 heteroatoms. The van der Waals surface area contributed by atoms with E-state index in [4.69, 9.17) is 10.4 Å². The minimum absolute atomic E-state index is 0.0406. The first-order valence-corrected chi connectivity index (χ1v) is 5.43. The van der Waals surface area contributed by atoms with Crippen LogP contribution in [0.3, 0.4) is 0 Å². The number of ether oxygens (including phenoxy) is 2. The number of nitrogens with zero attached hydrogens (tertiary/aromatic N) is 1.